The van der Waals surface area contributed by atoms with E-state index in [0.717, 1.165) is 17.3 Å². The fourth-order valence-electron chi connectivity index (χ4n) is 5.22. The first-order valence-corrected chi connectivity index (χ1v) is 15.3. The fraction of sp³-hybridized carbons (Fsp3) is 0.467. The molecule has 0 bridgehead atoms. The molecule has 3 rings (SSSR count). The van der Waals surface area contributed by atoms with Crippen LogP contribution in [0.2, 0.25) is 5.04 Å². The minimum absolute atomic E-state index is 0.131. The molecule has 0 saturated carbocycles. The molecule has 0 amide bonds. The van der Waals surface area contributed by atoms with Crippen LogP contribution in [0.25, 0.3) is 0 Å². The van der Waals surface area contributed by atoms with Crippen LogP contribution in [-0.2, 0) is 47.3 Å². The van der Waals surface area contributed by atoms with Crippen molar-refractivity contribution in [2.24, 2.45) is 0 Å². The molecule has 1 fully saturated rings. The first-order chi connectivity index (χ1) is 19.3. The molecule has 10 nitrogen and oxygen atoms in total. The van der Waals surface area contributed by atoms with E-state index in [-0.39, 0.29) is 11.6 Å². The number of benzene rings is 2. The first-order valence-electron chi connectivity index (χ1n) is 13.4. The van der Waals surface area contributed by atoms with Gasteiger partial charge in [0.1, 0.15) is 6.10 Å². The summed E-state index contributed by atoms with van der Waals surface area (Å²) in [6.45, 7) is 10.9. The van der Waals surface area contributed by atoms with Gasteiger partial charge in [0.05, 0.1) is 6.61 Å². The van der Waals surface area contributed by atoms with E-state index in [2.05, 4.69) is 20.8 Å². The number of hydrogen-bond acceptors (Lipinski definition) is 10. The van der Waals surface area contributed by atoms with Crippen molar-refractivity contribution in [1.82, 2.24) is 0 Å². The molecule has 0 aromatic heterocycles. The van der Waals surface area contributed by atoms with E-state index in [1.165, 1.54) is 20.8 Å². The molecule has 0 aliphatic carbocycles. The highest BCUT2D eigenvalue weighted by Crippen LogP contribution is 2.38. The second-order valence-corrected chi connectivity index (χ2v) is 15.2. The molecule has 5 atom stereocenters. The molecule has 1 aliphatic heterocycles. The average Bonchev–Trinajstić information content (AvgIpc) is 2.87. The normalized spacial score (nSPS) is 22.8. The number of rotatable bonds is 9. The zero-order valence-electron chi connectivity index (χ0n) is 24.4. The molecule has 0 radical (unpaired) electrons. The van der Waals surface area contributed by atoms with Crippen LogP contribution in [-0.4, -0.2) is 69.5 Å². The third kappa shape index (κ3) is 7.60. The number of esters is 4. The molecule has 1 aliphatic rings. The van der Waals surface area contributed by atoms with E-state index < -0.39 is 62.9 Å². The molecule has 0 unspecified atom stereocenters. The molecule has 0 spiro atoms. The van der Waals surface area contributed by atoms with E-state index in [0.29, 0.717) is 0 Å². The Morgan fingerprint density at radius 3 is 1.49 bits per heavy atom. The van der Waals surface area contributed by atoms with Gasteiger partial charge in [-0.2, -0.15) is 0 Å². The van der Waals surface area contributed by atoms with Crippen LogP contribution < -0.4 is 10.4 Å². The van der Waals surface area contributed by atoms with Crippen LogP contribution in [0.3, 0.4) is 0 Å². The SMILES string of the molecule is CC(=O)O[C@@H]1O[C@H](CO[Si](c2ccccc2)(c2ccccc2)C(C)(C)C)[C@@H](OC(C)=O)[C@H](OC(C)=O)[C@@H]1OC(C)=O. The van der Waals surface area contributed by atoms with Crippen molar-refractivity contribution >= 4 is 42.6 Å². The van der Waals surface area contributed by atoms with Crippen LogP contribution in [0.1, 0.15) is 48.5 Å². The summed E-state index contributed by atoms with van der Waals surface area (Å²) in [6, 6.07) is 19.8. The lowest BCUT2D eigenvalue weighted by molar-refractivity contribution is -0.298. The lowest BCUT2D eigenvalue weighted by Gasteiger charge is -2.47. The molecule has 2 aromatic rings. The second kappa shape index (κ2) is 13.4. The van der Waals surface area contributed by atoms with Crippen LogP contribution in [0.15, 0.2) is 60.7 Å². The quantitative estimate of drug-likeness (QED) is 0.246. The zero-order valence-corrected chi connectivity index (χ0v) is 25.4. The minimum Gasteiger partial charge on any atom is -0.456 e. The second-order valence-electron chi connectivity index (χ2n) is 10.8. The highest BCUT2D eigenvalue weighted by molar-refractivity contribution is 6.99. The van der Waals surface area contributed by atoms with Gasteiger partial charge in [0.25, 0.3) is 8.32 Å². The van der Waals surface area contributed by atoms with Crippen LogP contribution in [0.5, 0.6) is 0 Å². The van der Waals surface area contributed by atoms with Crippen molar-refractivity contribution in [3.8, 4) is 0 Å². The van der Waals surface area contributed by atoms with Gasteiger partial charge in [0.15, 0.2) is 12.2 Å². The maximum Gasteiger partial charge on any atom is 0.305 e. The van der Waals surface area contributed by atoms with Crippen molar-refractivity contribution < 1.29 is 47.3 Å². The summed E-state index contributed by atoms with van der Waals surface area (Å²) in [7, 11) is -3.08. The molecule has 41 heavy (non-hydrogen) atoms. The topological polar surface area (TPSA) is 124 Å². The standard InChI is InChI=1S/C30H38O10Si/c1-19(31)36-26-25(40-29(39-22(4)34)28(38-21(3)33)27(26)37-20(2)32)18-35-41(30(5,6)7,23-14-10-8-11-15-23)24-16-12-9-13-17-24/h8-17,25-29H,18H2,1-7H3/t25-,26-,27+,28+,29-/m1/s1. The van der Waals surface area contributed by atoms with Crippen molar-refractivity contribution in [3.63, 3.8) is 0 Å². The van der Waals surface area contributed by atoms with Gasteiger partial charge in [-0.05, 0) is 15.4 Å². The highest BCUT2D eigenvalue weighted by Gasteiger charge is 2.56. The van der Waals surface area contributed by atoms with Gasteiger partial charge in [0.2, 0.25) is 12.4 Å². The monoisotopic (exact) mass is 586 g/mol. The van der Waals surface area contributed by atoms with Crippen LogP contribution in [0, 0.1) is 0 Å². The van der Waals surface area contributed by atoms with Crippen molar-refractivity contribution in [1.29, 1.82) is 0 Å². The van der Waals surface area contributed by atoms with Gasteiger partial charge < -0.3 is 28.1 Å². The van der Waals surface area contributed by atoms with Gasteiger partial charge in [-0.1, -0.05) is 81.4 Å². The molecule has 222 valence electrons. The van der Waals surface area contributed by atoms with Crippen molar-refractivity contribution in [2.75, 3.05) is 6.61 Å². The average molecular weight is 587 g/mol. The fourth-order valence-corrected chi connectivity index (χ4v) is 9.79. The van der Waals surface area contributed by atoms with E-state index in [9.17, 15) is 19.2 Å². The molecule has 1 saturated heterocycles. The third-order valence-corrected chi connectivity index (χ3v) is 11.7. The maximum atomic E-state index is 12.2. The largest absolute Gasteiger partial charge is 0.456 e. The Labute approximate surface area is 241 Å². The Balaban J connectivity index is 2.13. The van der Waals surface area contributed by atoms with Crippen LogP contribution >= 0.6 is 0 Å². The Bertz CT molecular complexity index is 1170. The molecule has 2 aromatic carbocycles. The molecular formula is C30H38O10Si. The van der Waals surface area contributed by atoms with Gasteiger partial charge in [-0.15, -0.1) is 0 Å². The predicted octanol–water partition coefficient (Wildman–Crippen LogP) is 2.65. The number of carbonyl (C=O) groups excluding carboxylic acids is 4. The smallest absolute Gasteiger partial charge is 0.305 e. The summed E-state index contributed by atoms with van der Waals surface area (Å²) in [5, 5.41) is 1.63. The Morgan fingerprint density at radius 1 is 0.659 bits per heavy atom. The van der Waals surface area contributed by atoms with E-state index in [1.807, 2.05) is 60.7 Å². The molecular weight excluding hydrogens is 548 g/mol. The molecule has 1 heterocycles. The maximum absolute atomic E-state index is 12.2. The molecule has 0 N–H and O–H groups in total. The molecule has 11 heteroatoms. The van der Waals surface area contributed by atoms with Gasteiger partial charge in [0, 0.05) is 27.7 Å². The Kier molecular flexibility index (Phi) is 10.5. The lowest BCUT2D eigenvalue weighted by Crippen LogP contribution is -2.69. The minimum atomic E-state index is -3.08. The summed E-state index contributed by atoms with van der Waals surface area (Å²) < 4.78 is 35.0. The number of carbonyl (C=O) groups is 4. The van der Waals surface area contributed by atoms with E-state index in [4.69, 9.17) is 28.1 Å². The summed E-state index contributed by atoms with van der Waals surface area (Å²) in [5.74, 6) is -2.86. The lowest BCUT2D eigenvalue weighted by atomic mass is 9.98. The Morgan fingerprint density at radius 2 is 1.07 bits per heavy atom. The number of hydrogen-bond donors (Lipinski definition) is 0. The first kappa shape index (κ1) is 32.0. The summed E-state index contributed by atoms with van der Waals surface area (Å²) >= 11 is 0. The predicted molar refractivity (Wildman–Crippen MR) is 151 cm³/mol. The zero-order chi connectivity index (χ0) is 30.4. The van der Waals surface area contributed by atoms with Crippen molar-refractivity contribution in [3.05, 3.63) is 60.7 Å². The third-order valence-electron chi connectivity index (χ3n) is 6.66. The van der Waals surface area contributed by atoms with E-state index in [1.54, 1.807) is 0 Å². The summed E-state index contributed by atoms with van der Waals surface area (Å²) in [6.07, 6.45) is -6.51. The van der Waals surface area contributed by atoms with Gasteiger partial charge >= 0.3 is 23.9 Å². The van der Waals surface area contributed by atoms with Gasteiger partial charge in [-0.3, -0.25) is 19.2 Å². The van der Waals surface area contributed by atoms with Crippen molar-refractivity contribution in [2.45, 2.75) is 84.2 Å². The number of ether oxygens (including phenoxy) is 5. The summed E-state index contributed by atoms with van der Waals surface area (Å²) in [5.41, 5.74) is 0. The Hall–Kier alpha value is -3.54. The summed E-state index contributed by atoms with van der Waals surface area (Å²) in [4.78, 5) is 48.4. The van der Waals surface area contributed by atoms with E-state index >= 15 is 0 Å². The van der Waals surface area contributed by atoms with Gasteiger partial charge in [-0.25, -0.2) is 0 Å². The van der Waals surface area contributed by atoms with Crippen LogP contribution in [0.4, 0.5) is 0 Å². The highest BCUT2D eigenvalue weighted by atomic mass is 28.4.